The quantitative estimate of drug-likeness (QED) is 0.774. The first-order chi connectivity index (χ1) is 14.1. The van der Waals surface area contributed by atoms with Gasteiger partial charge in [0.1, 0.15) is 5.54 Å². The maximum Gasteiger partial charge on any atom is 0.184 e. The molecule has 3 heterocycles. The van der Waals surface area contributed by atoms with E-state index >= 15 is 0 Å². The summed E-state index contributed by atoms with van der Waals surface area (Å²) < 4.78 is 22.4. The zero-order chi connectivity index (χ0) is 19.8. The maximum atomic E-state index is 6.12. The van der Waals surface area contributed by atoms with Crippen LogP contribution in [-0.2, 0) is 23.8 Å². The van der Waals surface area contributed by atoms with Crippen LogP contribution in [0.15, 0.2) is 54.1 Å². The number of benzene rings is 1. The molecule has 5 rings (SSSR count). The van der Waals surface area contributed by atoms with Gasteiger partial charge in [0, 0.05) is 24.1 Å². The number of nitrogens with zero attached hydrogens (tertiary/aromatic N) is 1. The topological polar surface area (TPSA) is 49.4 Å². The van der Waals surface area contributed by atoms with Crippen molar-refractivity contribution in [3.8, 4) is 0 Å². The highest BCUT2D eigenvalue weighted by atomic mass is 16.7. The second-order valence-corrected chi connectivity index (χ2v) is 7.97. The third-order valence-corrected chi connectivity index (χ3v) is 6.11. The van der Waals surface area contributed by atoms with Crippen LogP contribution in [-0.4, -0.2) is 50.4 Å². The number of hydroxylamine groups is 2. The van der Waals surface area contributed by atoms with Crippen molar-refractivity contribution in [2.24, 2.45) is 5.92 Å². The molecule has 154 valence electrons. The lowest BCUT2D eigenvalue weighted by Crippen LogP contribution is -2.39. The summed E-state index contributed by atoms with van der Waals surface area (Å²) in [6.07, 6.45) is 9.36. The van der Waals surface area contributed by atoms with Crippen LogP contribution in [0.2, 0.25) is 0 Å². The van der Waals surface area contributed by atoms with E-state index in [1.165, 1.54) is 5.57 Å². The Hall–Kier alpha value is -1.96. The number of likely N-dealkylation sites (N-methyl/N-ethyl adjacent to an activating group) is 1. The van der Waals surface area contributed by atoms with Crippen LogP contribution >= 0.6 is 0 Å². The van der Waals surface area contributed by atoms with Crippen molar-refractivity contribution in [2.45, 2.75) is 31.5 Å². The fourth-order valence-electron chi connectivity index (χ4n) is 4.21. The minimum atomic E-state index is -0.329. The normalized spacial score (nSPS) is 31.2. The molecule has 0 saturated carbocycles. The van der Waals surface area contributed by atoms with Crippen LogP contribution in [0.5, 0.6) is 0 Å². The molecule has 2 fully saturated rings. The highest BCUT2D eigenvalue weighted by molar-refractivity contribution is 5.65. The van der Waals surface area contributed by atoms with E-state index in [2.05, 4.69) is 43.4 Å². The minimum Gasteiger partial charge on any atom is -0.405 e. The monoisotopic (exact) mass is 397 g/mol. The van der Waals surface area contributed by atoms with Crippen LogP contribution in [0.25, 0.3) is 5.76 Å². The third-order valence-electron chi connectivity index (χ3n) is 6.11. The van der Waals surface area contributed by atoms with Gasteiger partial charge in [-0.25, -0.2) is 0 Å². The van der Waals surface area contributed by atoms with Crippen LogP contribution in [0, 0.1) is 5.92 Å². The molecule has 2 atom stereocenters. The second kappa shape index (κ2) is 7.70. The van der Waals surface area contributed by atoms with E-state index in [0.717, 1.165) is 23.3 Å². The first-order valence-corrected chi connectivity index (χ1v) is 10.2. The van der Waals surface area contributed by atoms with E-state index in [4.69, 9.17) is 23.8 Å². The molecule has 0 aromatic heterocycles. The third kappa shape index (κ3) is 3.56. The lowest BCUT2D eigenvalue weighted by atomic mass is 9.84. The first-order valence-electron chi connectivity index (χ1n) is 10.2. The highest BCUT2D eigenvalue weighted by Gasteiger charge is 2.40. The lowest BCUT2D eigenvalue weighted by Gasteiger charge is -2.32. The SMILES string of the molecule is CN1OC(c2ccc(C3OCCO3)cc2)=CC1(C)C1=CCC(C2OCCO2)C=C1. The van der Waals surface area contributed by atoms with Gasteiger partial charge in [-0.1, -0.05) is 42.5 Å². The number of rotatable bonds is 4. The van der Waals surface area contributed by atoms with Crippen LogP contribution in [0.1, 0.15) is 30.8 Å². The average Bonchev–Trinajstić information content (AvgIpc) is 3.51. The summed E-state index contributed by atoms with van der Waals surface area (Å²) in [6.45, 7) is 4.83. The highest BCUT2D eigenvalue weighted by Crippen LogP contribution is 2.40. The zero-order valence-electron chi connectivity index (χ0n) is 16.9. The molecule has 0 radical (unpaired) electrons. The predicted octanol–water partition coefficient (Wildman–Crippen LogP) is 3.58. The van der Waals surface area contributed by atoms with Crippen molar-refractivity contribution >= 4 is 5.76 Å². The van der Waals surface area contributed by atoms with Gasteiger partial charge in [-0.2, -0.15) is 0 Å². The Labute approximate surface area is 171 Å². The summed E-state index contributed by atoms with van der Waals surface area (Å²) >= 11 is 0. The molecule has 0 N–H and O–H groups in total. The molecule has 2 saturated heterocycles. The molecule has 1 aromatic carbocycles. The van der Waals surface area contributed by atoms with Crippen molar-refractivity contribution in [1.82, 2.24) is 5.06 Å². The lowest BCUT2D eigenvalue weighted by molar-refractivity contribution is -0.0891. The van der Waals surface area contributed by atoms with Gasteiger partial charge in [-0.05, 0) is 25.0 Å². The number of hydrogen-bond acceptors (Lipinski definition) is 6. The van der Waals surface area contributed by atoms with Crippen molar-refractivity contribution in [2.75, 3.05) is 33.5 Å². The van der Waals surface area contributed by atoms with E-state index in [0.29, 0.717) is 26.4 Å². The molecule has 3 aliphatic heterocycles. The zero-order valence-corrected chi connectivity index (χ0v) is 16.9. The Morgan fingerprint density at radius 3 is 2.31 bits per heavy atom. The number of ether oxygens (including phenoxy) is 4. The van der Waals surface area contributed by atoms with E-state index in [-0.39, 0.29) is 24.0 Å². The van der Waals surface area contributed by atoms with Gasteiger partial charge < -0.3 is 23.8 Å². The van der Waals surface area contributed by atoms with Gasteiger partial charge in [0.15, 0.2) is 18.3 Å². The van der Waals surface area contributed by atoms with Gasteiger partial charge in [0.05, 0.1) is 26.4 Å². The number of allylic oxidation sites excluding steroid dienone is 1. The van der Waals surface area contributed by atoms with Gasteiger partial charge >= 0.3 is 0 Å². The molecule has 0 bridgehead atoms. The molecule has 1 aliphatic carbocycles. The molecule has 4 aliphatic rings. The standard InChI is InChI=1S/C23H27NO5/c1-23(19-9-7-18(8-10-19)22-27-13-14-28-22)15-20(29-24(23)2)16-3-5-17(6-4-16)21-25-11-12-26-21/h3-7,9-10,15,18,21-22H,8,11-14H2,1-2H3. The van der Waals surface area contributed by atoms with Crippen LogP contribution in [0.3, 0.4) is 0 Å². The predicted molar refractivity (Wildman–Crippen MR) is 107 cm³/mol. The maximum absolute atomic E-state index is 6.12. The summed E-state index contributed by atoms with van der Waals surface area (Å²) in [7, 11) is 1.97. The van der Waals surface area contributed by atoms with Gasteiger partial charge in [-0.15, -0.1) is 5.06 Å². The van der Waals surface area contributed by atoms with Crippen molar-refractivity contribution in [1.29, 1.82) is 0 Å². The van der Waals surface area contributed by atoms with Crippen molar-refractivity contribution < 1.29 is 23.8 Å². The first kappa shape index (κ1) is 19.0. The molecule has 6 heteroatoms. The Kier molecular flexibility index (Phi) is 5.05. The number of hydrogen-bond donors (Lipinski definition) is 0. The summed E-state index contributed by atoms with van der Waals surface area (Å²) in [5, 5.41) is 1.92. The van der Waals surface area contributed by atoms with E-state index in [1.54, 1.807) is 0 Å². The van der Waals surface area contributed by atoms with Crippen molar-refractivity contribution in [3.63, 3.8) is 0 Å². The Morgan fingerprint density at radius 1 is 0.966 bits per heavy atom. The van der Waals surface area contributed by atoms with Crippen LogP contribution < -0.4 is 0 Å². The second-order valence-electron chi connectivity index (χ2n) is 7.97. The van der Waals surface area contributed by atoms with Gasteiger partial charge in [0.2, 0.25) is 0 Å². The molecule has 1 aromatic rings. The summed E-state index contributed by atoms with van der Waals surface area (Å²) in [5.41, 5.74) is 2.95. The smallest absolute Gasteiger partial charge is 0.184 e. The Balaban J connectivity index is 1.32. The molecule has 2 unspecified atom stereocenters. The molecule has 29 heavy (non-hydrogen) atoms. The fourth-order valence-corrected chi connectivity index (χ4v) is 4.21. The Bertz CT molecular complexity index is 833. The van der Waals surface area contributed by atoms with Crippen molar-refractivity contribution in [3.05, 3.63) is 65.3 Å². The van der Waals surface area contributed by atoms with Crippen LogP contribution in [0.4, 0.5) is 0 Å². The largest absolute Gasteiger partial charge is 0.405 e. The summed E-state index contributed by atoms with van der Waals surface area (Å²) in [4.78, 5) is 6.12. The van der Waals surface area contributed by atoms with E-state index < -0.39 is 0 Å². The Morgan fingerprint density at radius 2 is 1.66 bits per heavy atom. The fraction of sp³-hybridized carbons (Fsp3) is 0.478. The summed E-state index contributed by atoms with van der Waals surface area (Å²) in [5.74, 6) is 1.13. The van der Waals surface area contributed by atoms with E-state index in [1.807, 2.05) is 24.2 Å². The molecule has 0 amide bonds. The summed E-state index contributed by atoms with van der Waals surface area (Å²) in [6, 6.07) is 8.19. The van der Waals surface area contributed by atoms with E-state index in [9.17, 15) is 0 Å². The minimum absolute atomic E-state index is 0.119. The van der Waals surface area contributed by atoms with Gasteiger partial charge in [-0.3, -0.25) is 0 Å². The molecule has 0 spiro atoms. The molecular weight excluding hydrogens is 370 g/mol. The molecular formula is C23H27NO5. The van der Waals surface area contributed by atoms with Gasteiger partial charge in [0.25, 0.3) is 0 Å². The average molecular weight is 397 g/mol. The molecule has 6 nitrogen and oxygen atoms in total.